The Morgan fingerprint density at radius 2 is 0.690 bits per heavy atom. The number of carbonyl (C=O) groups excluding carboxylic acids is 2. The van der Waals surface area contributed by atoms with Crippen LogP contribution in [-0.2, 0) is 46.4 Å². The van der Waals surface area contributed by atoms with E-state index in [4.69, 9.17) is 63.7 Å². The average Bonchev–Trinajstić information content (AvgIpc) is 1.77. The third-order valence-corrected chi connectivity index (χ3v) is 28.5. The van der Waals surface area contributed by atoms with E-state index in [-0.39, 0.29) is 72.5 Å². The van der Waals surface area contributed by atoms with E-state index in [1.807, 2.05) is 19.3 Å². The minimum atomic E-state index is -0.170. The first-order valence-electron chi connectivity index (χ1n) is 51.4. The van der Waals surface area contributed by atoms with Gasteiger partial charge in [-0.2, -0.15) is 0 Å². The molecule has 23 rings (SSSR count). The summed E-state index contributed by atoms with van der Waals surface area (Å²) in [6.07, 6.45) is 41.0. The Bertz CT molecular complexity index is 6280. The number of hydrogen-bond acceptors (Lipinski definition) is 38. The molecule has 4 saturated carbocycles. The van der Waals surface area contributed by atoms with Crippen LogP contribution in [0, 0.1) is 0 Å². The van der Waals surface area contributed by atoms with Gasteiger partial charge in [-0.1, -0.05) is 11.6 Å². The van der Waals surface area contributed by atoms with Crippen LogP contribution in [0.15, 0.2) is 135 Å². The molecule has 7 N–H and O–H groups in total. The zero-order chi connectivity index (χ0) is 98.6. The zero-order valence-corrected chi connectivity index (χ0v) is 83.1. The highest BCUT2D eigenvalue weighted by Crippen LogP contribution is 2.41. The molecule has 15 heterocycles. The highest BCUT2D eigenvalue weighted by atomic mass is 35.5. The first-order valence-corrected chi connectivity index (χ1v) is 51.8. The predicted molar refractivity (Wildman–Crippen MR) is 550 cm³/mol. The number of ether oxygens (including phenoxy) is 11. The molecule has 41 heteroatoms. The number of halogens is 1. The summed E-state index contributed by atoms with van der Waals surface area (Å²) in [6.45, 7) is 21.8. The minimum Gasteiger partial charge on any atom is -0.488 e. The Morgan fingerprint density at radius 3 is 1.02 bits per heavy atom. The molecule has 0 bridgehead atoms. The van der Waals surface area contributed by atoms with E-state index >= 15 is 0 Å². The van der Waals surface area contributed by atoms with Gasteiger partial charge in [0.25, 0.3) is 11.8 Å². The molecule has 6 saturated heterocycles. The summed E-state index contributed by atoms with van der Waals surface area (Å²) >= 11 is 6.31. The molecular formula is C104H128ClN27O13. The lowest BCUT2D eigenvalue weighted by Gasteiger charge is -2.31. The molecule has 0 spiro atoms. The highest BCUT2D eigenvalue weighted by Gasteiger charge is 2.34. The molecule has 3 atom stereocenters. The molecule has 4 aromatic carbocycles. The Morgan fingerprint density at radius 1 is 0.352 bits per heavy atom. The van der Waals surface area contributed by atoms with Gasteiger partial charge in [0.2, 0.25) is 23.8 Å². The van der Waals surface area contributed by atoms with Crippen molar-refractivity contribution in [2.24, 2.45) is 0 Å². The van der Waals surface area contributed by atoms with E-state index in [9.17, 15) is 9.59 Å². The van der Waals surface area contributed by atoms with Crippen molar-refractivity contribution in [1.82, 2.24) is 90.4 Å². The lowest BCUT2D eigenvalue weighted by Crippen LogP contribution is -2.39. The molecule has 12 aromatic rings. The van der Waals surface area contributed by atoms with Crippen LogP contribution in [0.2, 0.25) is 5.15 Å². The molecular weight excluding hydrogens is 1870 g/mol. The normalized spacial score (nSPS) is 23.3. The fourth-order valence-electron chi connectivity index (χ4n) is 20.3. The number of aromatic nitrogens is 16. The van der Waals surface area contributed by atoms with E-state index < -0.39 is 0 Å². The van der Waals surface area contributed by atoms with Crippen molar-refractivity contribution >= 4 is 120 Å². The summed E-state index contributed by atoms with van der Waals surface area (Å²) in [5, 5.41) is 23.5. The van der Waals surface area contributed by atoms with E-state index in [0.29, 0.717) is 85.2 Å². The van der Waals surface area contributed by atoms with Crippen LogP contribution in [0.3, 0.4) is 0 Å². The van der Waals surface area contributed by atoms with Crippen LogP contribution < -0.4 is 75.8 Å². The van der Waals surface area contributed by atoms with Gasteiger partial charge in [-0.25, -0.2) is 59.8 Å². The van der Waals surface area contributed by atoms with Gasteiger partial charge in [0, 0.05) is 223 Å². The summed E-state index contributed by atoms with van der Waals surface area (Å²) in [5.74, 6) is 5.19. The number of hydrogen-bond donors (Lipinski definition) is 7. The fourth-order valence-corrected chi connectivity index (χ4v) is 20.5. The maximum Gasteiger partial charge on any atom is 0.254 e. The number of rotatable bonds is 26. The predicted octanol–water partition coefficient (Wildman–Crippen LogP) is 13.2. The van der Waals surface area contributed by atoms with Crippen LogP contribution in [0.1, 0.15) is 168 Å². The maximum absolute atomic E-state index is 12.5. The summed E-state index contributed by atoms with van der Waals surface area (Å²) in [7, 11) is 0. The van der Waals surface area contributed by atoms with Crippen LogP contribution in [0.25, 0.3) is 44.1 Å². The molecule has 40 nitrogen and oxygen atoms in total. The first kappa shape index (κ1) is 99.3. The second-order valence-corrected chi connectivity index (χ2v) is 39.1. The summed E-state index contributed by atoms with van der Waals surface area (Å²) in [5.41, 5.74) is 14.7. The number of amides is 2. The van der Waals surface area contributed by atoms with Gasteiger partial charge in [0.05, 0.1) is 172 Å². The molecule has 8 aromatic heterocycles. The van der Waals surface area contributed by atoms with Gasteiger partial charge in [-0.15, -0.1) is 0 Å². The van der Waals surface area contributed by atoms with Crippen LogP contribution in [0.5, 0.6) is 23.0 Å². The number of morpholine rings is 4. The van der Waals surface area contributed by atoms with Crippen LogP contribution in [0.4, 0.5) is 52.2 Å². The lowest BCUT2D eigenvalue weighted by molar-refractivity contribution is 0.0865. The van der Waals surface area contributed by atoms with Gasteiger partial charge in [0.15, 0.2) is 0 Å². The zero-order valence-electron chi connectivity index (χ0n) is 82.3. The standard InChI is InChI=1S/C28H35N7O4.C27H33N7O4.C25H33N7O2.C24H27ClN6O3/c1-18-23(6-11-38-18)34-27(36)19-16-31-28(32-17-19)33-20-2-4-22(5-3-20)39-25-15-21(35-9-12-37-13-10-35)14-24-26(25)30-8-7-29-24;35-26(32-20-5-10-37-17-20)18-15-30-27(31-16-18)33-19-1-3-22(4-2-19)38-24-14-21(34-8-11-36-12-9-34)13-23-25(24)29-7-6-28-23;1-17(2)30-19-15-28-25(29-16-19)31-18-3-5-21(6-4-18)34-23-14-20(32-9-11-33-12-10-32)13-22-24(23)27-8-7-26-22;25-23-18-13-33-14-20(18)29-24(30-23)28-15-1-3-17(4-2-15)34-21-12-16(31-7-9-32-10-8-31)11-19-22(21)27-6-5-26-19/h7-8,14-18,20,22-23H,2-6,9-13H2,1H3,(H,34,36)(H,31,32,33);6-7,13-16,19-20,22H,1-5,8-12,17H2,(H,32,35)(H,30,31,33);7-8,13-18,21,30H,3-6,9-12H2,1-2H3,(H,28,29,31);5-6,11-12,15,17H,1-4,7-10,13-14H2,(H,28,29,30)/t;19?,20-,22?;;/m.1../s1. The third kappa shape index (κ3) is 26.2. The van der Waals surface area contributed by atoms with Crippen LogP contribution >= 0.6 is 11.6 Å². The second-order valence-electron chi connectivity index (χ2n) is 38.7. The van der Waals surface area contributed by atoms with Gasteiger partial charge < -0.3 is 109 Å². The van der Waals surface area contributed by atoms with Crippen LogP contribution in [-0.4, -0.2) is 289 Å². The number of fused-ring (bicyclic) bond motifs is 5. The molecule has 4 aliphatic carbocycles. The smallest absolute Gasteiger partial charge is 0.254 e. The Hall–Kier alpha value is -13.1. The SMILES string of the molecule is CC(C)Nc1cnc(NC2CCC(Oc3cc(N4CCOCC4)cc4nccnc34)CC2)nc1.CC1OCCC1NC(=O)c1cnc(NC2CCC(Oc3cc(N4CCOCC4)cc4nccnc34)CC2)nc1.Clc1nc(NC2CCC(Oc3cc(N4CCOCC4)cc4nccnc34)CC2)nc2c1COC2.O=C(N[C@@H]1CCOC1)c1cnc(NC2CCC(Oc3cc(N4CCOCC4)cc4nccnc34)CC2)nc1. The molecule has 0 radical (unpaired) electrons. The van der Waals surface area contributed by atoms with E-state index in [0.717, 1.165) is 328 Å². The van der Waals surface area contributed by atoms with Crippen molar-refractivity contribution in [2.45, 2.75) is 222 Å². The molecule has 2 amide bonds. The van der Waals surface area contributed by atoms with Gasteiger partial charge in [-0.05, 0) is 161 Å². The van der Waals surface area contributed by atoms with Crippen molar-refractivity contribution in [2.75, 3.05) is 171 Å². The summed E-state index contributed by atoms with van der Waals surface area (Å²) < 4.78 is 64.4. The number of benzene rings is 4. The van der Waals surface area contributed by atoms with Crippen molar-refractivity contribution in [3.63, 3.8) is 0 Å². The van der Waals surface area contributed by atoms with E-state index in [2.05, 4.69) is 199 Å². The monoisotopic (exact) mass is 2000 g/mol. The number of carbonyl (C=O) groups is 2. The van der Waals surface area contributed by atoms with Gasteiger partial charge in [0.1, 0.15) is 50.2 Å². The van der Waals surface area contributed by atoms with E-state index in [1.165, 1.54) is 0 Å². The largest absolute Gasteiger partial charge is 0.488 e. The Balaban J connectivity index is 0.000000118. The minimum absolute atomic E-state index is 0.0234. The number of nitrogens with zero attached hydrogens (tertiary/aromatic N) is 20. The molecule has 7 aliphatic heterocycles. The molecule has 11 aliphatic rings. The summed E-state index contributed by atoms with van der Waals surface area (Å²) in [4.78, 5) is 106. The topological polar surface area (TPSA) is 439 Å². The Kier molecular flexibility index (Phi) is 33.1. The van der Waals surface area contributed by atoms with Gasteiger partial charge >= 0.3 is 0 Å². The van der Waals surface area contributed by atoms with Gasteiger partial charge in [-0.3, -0.25) is 29.5 Å². The lowest BCUT2D eigenvalue weighted by atomic mass is 9.93. The summed E-state index contributed by atoms with van der Waals surface area (Å²) in [6, 6.07) is 18.3. The quantitative estimate of drug-likeness (QED) is 0.0248. The molecule has 145 heavy (non-hydrogen) atoms. The Labute approximate surface area is 846 Å². The van der Waals surface area contributed by atoms with Crippen molar-refractivity contribution in [3.05, 3.63) is 163 Å². The van der Waals surface area contributed by atoms with Crippen molar-refractivity contribution < 1.29 is 61.7 Å². The molecule has 2 unspecified atom stereocenters. The highest BCUT2D eigenvalue weighted by molar-refractivity contribution is 6.30. The number of anilines is 9. The second kappa shape index (κ2) is 48.3. The maximum atomic E-state index is 12.5. The molecule has 10 fully saturated rings. The van der Waals surface area contributed by atoms with Crippen molar-refractivity contribution in [3.8, 4) is 23.0 Å². The third-order valence-electron chi connectivity index (χ3n) is 28.2. The molecule has 764 valence electrons. The van der Waals surface area contributed by atoms with E-state index in [1.54, 1.807) is 74.4 Å². The number of nitrogens with one attached hydrogen (secondary N) is 7. The average molecular weight is 2000 g/mol. The fraction of sp³-hybridized carbons (Fsp3) is 0.519. The van der Waals surface area contributed by atoms with Crippen molar-refractivity contribution in [1.29, 1.82) is 0 Å². The first-order chi connectivity index (χ1) is 71.2.